The van der Waals surface area contributed by atoms with Crippen LogP contribution in [0.4, 0.5) is 5.82 Å². The van der Waals surface area contributed by atoms with E-state index < -0.39 is 6.10 Å². The van der Waals surface area contributed by atoms with E-state index in [2.05, 4.69) is 31.8 Å². The van der Waals surface area contributed by atoms with Gasteiger partial charge in [-0.25, -0.2) is 15.0 Å². The van der Waals surface area contributed by atoms with Crippen molar-refractivity contribution < 1.29 is 14.6 Å². The largest absolute Gasteiger partial charge is 0.393 e. The Morgan fingerprint density at radius 2 is 2.16 bits per heavy atom. The quantitative estimate of drug-likeness (QED) is 0.574. The Morgan fingerprint density at radius 3 is 2.94 bits per heavy atom. The molecule has 1 aliphatic heterocycles. The average Bonchev–Trinajstić information content (AvgIpc) is 3.45. The summed E-state index contributed by atoms with van der Waals surface area (Å²) >= 11 is 1.44. The van der Waals surface area contributed by atoms with E-state index in [-0.39, 0.29) is 23.8 Å². The van der Waals surface area contributed by atoms with Crippen LogP contribution in [0.5, 0.6) is 0 Å². The first-order valence-electron chi connectivity index (χ1n) is 10.8. The first-order valence-corrected chi connectivity index (χ1v) is 11.6. The summed E-state index contributed by atoms with van der Waals surface area (Å²) in [4.78, 5) is 28.0. The molecule has 2 aliphatic rings. The van der Waals surface area contributed by atoms with E-state index in [1.807, 2.05) is 26.1 Å². The number of rotatable bonds is 5. The van der Waals surface area contributed by atoms with Crippen LogP contribution >= 0.6 is 11.3 Å². The first kappa shape index (κ1) is 21.2. The molecule has 0 spiro atoms. The van der Waals surface area contributed by atoms with Gasteiger partial charge >= 0.3 is 0 Å². The number of aromatic nitrogens is 4. The van der Waals surface area contributed by atoms with E-state index in [9.17, 15) is 9.90 Å². The van der Waals surface area contributed by atoms with E-state index in [1.54, 1.807) is 6.20 Å². The number of aryl methyl sites for hydroxylation is 2. The maximum Gasteiger partial charge on any atom is 0.208 e. The molecule has 1 radical (unpaired) electrons. The molecule has 0 saturated heterocycles. The molecule has 5 rings (SSSR count). The zero-order valence-electron chi connectivity index (χ0n) is 18.1. The standard InChI is InChI=1S/C23H26N5O3S/c1-12-6-15(7-18(12)29)27-22-17(10-24-11-26-22)20(30)19-8-16(14(3)32-19)21-23-25-9-13(2)28(23)4-5-31-21/h8-12,15,18,21,29H,1,4-7H2,2-3H3,(H,24,26,27)/t12-,15-,18+,21+/m1/s1. The number of nitrogens with one attached hydrogen (secondary N) is 1. The fraction of sp³-hybridized carbons (Fsp3) is 0.435. The third kappa shape index (κ3) is 3.74. The zero-order chi connectivity index (χ0) is 22.4. The second-order valence-electron chi connectivity index (χ2n) is 8.54. The number of ether oxygens (including phenoxy) is 1. The number of carbonyl (C=O) groups excluding carboxylic acids is 1. The second kappa shape index (κ2) is 8.38. The summed E-state index contributed by atoms with van der Waals surface area (Å²) in [6.45, 7) is 9.42. The third-order valence-electron chi connectivity index (χ3n) is 6.34. The van der Waals surface area contributed by atoms with Crippen molar-refractivity contribution in [1.82, 2.24) is 19.5 Å². The van der Waals surface area contributed by atoms with Gasteiger partial charge in [-0.05, 0) is 45.6 Å². The predicted molar refractivity (Wildman–Crippen MR) is 121 cm³/mol. The molecular formula is C23H26N5O3S. The van der Waals surface area contributed by atoms with E-state index in [0.717, 1.165) is 34.9 Å². The number of imidazole rings is 1. The summed E-state index contributed by atoms with van der Waals surface area (Å²) in [5, 5.41) is 13.3. The Morgan fingerprint density at radius 1 is 1.31 bits per heavy atom. The van der Waals surface area contributed by atoms with Crippen LogP contribution in [-0.2, 0) is 11.3 Å². The number of fused-ring (bicyclic) bond motifs is 1. The maximum atomic E-state index is 13.4. The van der Waals surface area contributed by atoms with Crippen molar-refractivity contribution >= 4 is 22.9 Å². The minimum atomic E-state index is -0.442. The summed E-state index contributed by atoms with van der Waals surface area (Å²) in [5.41, 5.74) is 2.50. The Balaban J connectivity index is 1.42. The number of hydrogen-bond acceptors (Lipinski definition) is 8. The summed E-state index contributed by atoms with van der Waals surface area (Å²) in [7, 11) is 0. The fourth-order valence-electron chi connectivity index (χ4n) is 4.57. The molecule has 3 aromatic rings. The number of nitrogens with zero attached hydrogens (tertiary/aromatic N) is 4. The van der Waals surface area contributed by atoms with Crippen LogP contribution in [0, 0.1) is 26.7 Å². The predicted octanol–water partition coefficient (Wildman–Crippen LogP) is 3.09. The Kier molecular flexibility index (Phi) is 5.56. The number of carbonyl (C=O) groups is 1. The molecule has 1 saturated carbocycles. The van der Waals surface area contributed by atoms with Gasteiger partial charge in [0.15, 0.2) is 0 Å². The third-order valence-corrected chi connectivity index (χ3v) is 7.40. The summed E-state index contributed by atoms with van der Waals surface area (Å²) in [5.74, 6) is 1.21. The van der Waals surface area contributed by atoms with Crippen molar-refractivity contribution in [2.75, 3.05) is 11.9 Å². The minimum absolute atomic E-state index is 0.0207. The molecule has 32 heavy (non-hydrogen) atoms. The molecule has 8 nitrogen and oxygen atoms in total. The molecule has 0 bridgehead atoms. The van der Waals surface area contributed by atoms with E-state index >= 15 is 0 Å². The number of hydrogen-bond donors (Lipinski definition) is 2. The Labute approximate surface area is 190 Å². The molecule has 0 aromatic carbocycles. The molecule has 0 unspecified atom stereocenters. The Hall–Kier alpha value is -2.62. The van der Waals surface area contributed by atoms with Crippen LogP contribution in [0.1, 0.15) is 56.1 Å². The molecule has 0 amide bonds. The van der Waals surface area contributed by atoms with E-state index in [0.29, 0.717) is 29.3 Å². The number of aliphatic hydroxyl groups is 1. The van der Waals surface area contributed by atoms with Gasteiger partial charge < -0.3 is 19.7 Å². The fourth-order valence-corrected chi connectivity index (χ4v) is 5.57. The van der Waals surface area contributed by atoms with Gasteiger partial charge in [0.1, 0.15) is 24.1 Å². The molecule has 1 aliphatic carbocycles. The van der Waals surface area contributed by atoms with Gasteiger partial charge in [0.2, 0.25) is 5.78 Å². The molecule has 9 heteroatoms. The summed E-state index contributed by atoms with van der Waals surface area (Å²) in [6.07, 6.45) is 5.42. The van der Waals surface area contributed by atoms with Gasteiger partial charge in [-0.1, -0.05) is 0 Å². The van der Waals surface area contributed by atoms with Gasteiger partial charge in [0.05, 0.1) is 23.2 Å². The van der Waals surface area contributed by atoms with Crippen molar-refractivity contribution in [2.45, 2.75) is 51.5 Å². The highest BCUT2D eigenvalue weighted by atomic mass is 32.1. The van der Waals surface area contributed by atoms with E-state index in [1.165, 1.54) is 17.7 Å². The van der Waals surface area contributed by atoms with Crippen molar-refractivity contribution in [3.63, 3.8) is 0 Å². The monoisotopic (exact) mass is 452 g/mol. The SMILES string of the molecule is [CH2][C@@H]1C[C@@H](Nc2ncncc2C(=O)c2cc([C@@H]3OCCn4c(C)cnc43)c(C)s2)C[C@@H]1O. The van der Waals surface area contributed by atoms with Crippen LogP contribution in [0.15, 0.2) is 24.8 Å². The lowest BCUT2D eigenvalue weighted by atomic mass is 10.1. The number of anilines is 1. The summed E-state index contributed by atoms with van der Waals surface area (Å²) < 4.78 is 8.23. The van der Waals surface area contributed by atoms with Crippen LogP contribution in [0.3, 0.4) is 0 Å². The first-order chi connectivity index (χ1) is 15.4. The molecule has 4 atom stereocenters. The Bertz CT molecular complexity index is 1150. The van der Waals surface area contributed by atoms with Gasteiger partial charge in [-0.15, -0.1) is 11.3 Å². The minimum Gasteiger partial charge on any atom is -0.393 e. The maximum absolute atomic E-state index is 13.4. The molecule has 1 fully saturated rings. The lowest BCUT2D eigenvalue weighted by molar-refractivity contribution is 0.0423. The number of ketones is 1. The molecule has 4 heterocycles. The van der Waals surface area contributed by atoms with Gasteiger partial charge in [-0.3, -0.25) is 4.79 Å². The highest BCUT2D eigenvalue weighted by Crippen LogP contribution is 2.36. The number of aliphatic hydroxyl groups excluding tert-OH is 1. The van der Waals surface area contributed by atoms with Crippen molar-refractivity contribution in [1.29, 1.82) is 0 Å². The highest BCUT2D eigenvalue weighted by Gasteiger charge is 2.32. The zero-order valence-corrected chi connectivity index (χ0v) is 18.9. The van der Waals surface area contributed by atoms with Gasteiger partial charge in [0.25, 0.3) is 0 Å². The number of thiophene rings is 1. The lowest BCUT2D eigenvalue weighted by Crippen LogP contribution is -2.23. The van der Waals surface area contributed by atoms with Gasteiger partial charge in [-0.2, -0.15) is 0 Å². The topological polar surface area (TPSA) is 102 Å². The van der Waals surface area contributed by atoms with Crippen molar-refractivity contribution in [3.05, 3.63) is 64.1 Å². The van der Waals surface area contributed by atoms with Crippen LogP contribution in [0.25, 0.3) is 0 Å². The molecule has 167 valence electrons. The normalized spacial score (nSPS) is 25.0. The van der Waals surface area contributed by atoms with E-state index in [4.69, 9.17) is 4.74 Å². The van der Waals surface area contributed by atoms with Crippen molar-refractivity contribution in [3.8, 4) is 0 Å². The molecule has 3 aromatic heterocycles. The average molecular weight is 453 g/mol. The lowest BCUT2D eigenvalue weighted by Gasteiger charge is -2.25. The second-order valence-corrected chi connectivity index (χ2v) is 9.79. The molecular weight excluding hydrogens is 426 g/mol. The van der Waals surface area contributed by atoms with Crippen LogP contribution in [-0.4, -0.2) is 49.2 Å². The van der Waals surface area contributed by atoms with Crippen LogP contribution in [0.2, 0.25) is 0 Å². The van der Waals surface area contributed by atoms with Crippen molar-refractivity contribution in [2.24, 2.45) is 5.92 Å². The molecule has 2 N–H and O–H groups in total. The van der Waals surface area contributed by atoms with Crippen LogP contribution < -0.4 is 5.32 Å². The smallest absolute Gasteiger partial charge is 0.208 e. The van der Waals surface area contributed by atoms with Gasteiger partial charge in [0, 0.05) is 41.1 Å². The highest BCUT2D eigenvalue weighted by molar-refractivity contribution is 7.14. The summed E-state index contributed by atoms with van der Waals surface area (Å²) in [6, 6.07) is 1.93.